The van der Waals surface area contributed by atoms with Crippen molar-refractivity contribution in [2.24, 2.45) is 0 Å². The van der Waals surface area contributed by atoms with Crippen LogP contribution in [0, 0.1) is 0 Å². The molecule has 5 heteroatoms. The highest BCUT2D eigenvalue weighted by Crippen LogP contribution is 2.27. The van der Waals surface area contributed by atoms with Gasteiger partial charge in [-0.2, -0.15) is 0 Å². The minimum absolute atomic E-state index is 0.0591. The van der Waals surface area contributed by atoms with Crippen LogP contribution in [0.25, 0.3) is 22.4 Å². The summed E-state index contributed by atoms with van der Waals surface area (Å²) in [6, 6.07) is 25.4. The van der Waals surface area contributed by atoms with Crippen LogP contribution in [0.3, 0.4) is 0 Å². The number of hydrogen-bond donors (Lipinski definition) is 1. The molecular formula is C23H21N3O2. The Balaban J connectivity index is 1.64. The smallest absolute Gasteiger partial charge is 0.240 e. The van der Waals surface area contributed by atoms with Crippen molar-refractivity contribution in [1.82, 2.24) is 14.9 Å². The number of hydrogen-bond acceptors (Lipinski definition) is 3. The van der Waals surface area contributed by atoms with Gasteiger partial charge in [0.25, 0.3) is 0 Å². The van der Waals surface area contributed by atoms with Gasteiger partial charge in [-0.25, -0.2) is 4.98 Å². The van der Waals surface area contributed by atoms with E-state index < -0.39 is 0 Å². The Morgan fingerprint density at radius 3 is 2.61 bits per heavy atom. The Morgan fingerprint density at radius 2 is 1.79 bits per heavy atom. The van der Waals surface area contributed by atoms with Crippen LogP contribution < -0.4 is 10.1 Å². The molecule has 0 unspecified atom stereocenters. The number of para-hydroxylation sites is 2. The van der Waals surface area contributed by atoms with Crippen molar-refractivity contribution in [2.45, 2.75) is 13.1 Å². The summed E-state index contributed by atoms with van der Waals surface area (Å²) in [4.78, 5) is 17.4. The van der Waals surface area contributed by atoms with Gasteiger partial charge in [-0.05, 0) is 29.8 Å². The van der Waals surface area contributed by atoms with Gasteiger partial charge in [0.15, 0.2) is 0 Å². The number of imidazole rings is 1. The predicted octanol–water partition coefficient (Wildman–Crippen LogP) is 4.03. The number of fused-ring (bicyclic) bond motifs is 1. The first kappa shape index (κ1) is 17.8. The largest absolute Gasteiger partial charge is 0.497 e. The molecule has 0 bridgehead atoms. The number of carbonyl (C=O) groups excluding carboxylic acids is 1. The minimum Gasteiger partial charge on any atom is -0.497 e. The average Bonchev–Trinajstić information content (AvgIpc) is 3.11. The van der Waals surface area contributed by atoms with E-state index in [1.807, 2.05) is 83.4 Å². The van der Waals surface area contributed by atoms with E-state index >= 15 is 0 Å². The molecule has 4 aromatic rings. The molecule has 5 nitrogen and oxygen atoms in total. The number of aromatic nitrogens is 2. The monoisotopic (exact) mass is 371 g/mol. The third kappa shape index (κ3) is 3.74. The van der Waals surface area contributed by atoms with E-state index in [0.29, 0.717) is 6.54 Å². The summed E-state index contributed by atoms with van der Waals surface area (Å²) >= 11 is 0. The zero-order valence-corrected chi connectivity index (χ0v) is 15.6. The molecule has 0 saturated heterocycles. The van der Waals surface area contributed by atoms with Crippen molar-refractivity contribution < 1.29 is 9.53 Å². The van der Waals surface area contributed by atoms with Crippen LogP contribution in [0.1, 0.15) is 5.56 Å². The average molecular weight is 371 g/mol. The number of nitrogens with one attached hydrogen (secondary N) is 1. The Hall–Kier alpha value is -3.60. The van der Waals surface area contributed by atoms with Crippen molar-refractivity contribution >= 4 is 16.9 Å². The second-order valence-corrected chi connectivity index (χ2v) is 6.50. The highest BCUT2D eigenvalue weighted by atomic mass is 16.5. The van der Waals surface area contributed by atoms with Crippen LogP contribution >= 0.6 is 0 Å². The van der Waals surface area contributed by atoms with E-state index in [1.165, 1.54) is 0 Å². The minimum atomic E-state index is -0.0591. The molecule has 0 aliphatic heterocycles. The lowest BCUT2D eigenvalue weighted by molar-refractivity contribution is -0.121. The van der Waals surface area contributed by atoms with Crippen LogP contribution in [0.2, 0.25) is 0 Å². The van der Waals surface area contributed by atoms with Crippen LogP contribution in [0.15, 0.2) is 78.9 Å². The second-order valence-electron chi connectivity index (χ2n) is 6.50. The quantitative estimate of drug-likeness (QED) is 0.557. The Bertz CT molecular complexity index is 1100. The lowest BCUT2D eigenvalue weighted by Gasteiger charge is -2.11. The molecule has 1 heterocycles. The molecule has 1 amide bonds. The summed E-state index contributed by atoms with van der Waals surface area (Å²) in [5, 5.41) is 2.99. The van der Waals surface area contributed by atoms with Gasteiger partial charge in [-0.1, -0.05) is 54.6 Å². The SMILES string of the molecule is COc1cccc(-c2nc3ccccc3n2CC(=O)NCc2ccccc2)c1. The van der Waals surface area contributed by atoms with Crippen molar-refractivity contribution in [2.75, 3.05) is 7.11 Å². The molecule has 28 heavy (non-hydrogen) atoms. The van der Waals surface area contributed by atoms with Gasteiger partial charge >= 0.3 is 0 Å². The van der Waals surface area contributed by atoms with E-state index in [9.17, 15) is 4.79 Å². The molecule has 0 atom stereocenters. The fraction of sp³-hybridized carbons (Fsp3) is 0.130. The van der Waals surface area contributed by atoms with Crippen molar-refractivity contribution in [3.8, 4) is 17.1 Å². The summed E-state index contributed by atoms with van der Waals surface area (Å²) in [5.74, 6) is 1.44. The highest BCUT2D eigenvalue weighted by Gasteiger charge is 2.15. The van der Waals surface area contributed by atoms with Gasteiger partial charge in [0.2, 0.25) is 5.91 Å². The lowest BCUT2D eigenvalue weighted by Crippen LogP contribution is -2.27. The number of nitrogens with zero attached hydrogens (tertiary/aromatic N) is 2. The maximum atomic E-state index is 12.6. The van der Waals surface area contributed by atoms with Crippen molar-refractivity contribution in [3.63, 3.8) is 0 Å². The fourth-order valence-corrected chi connectivity index (χ4v) is 3.21. The molecule has 0 spiro atoms. The summed E-state index contributed by atoms with van der Waals surface area (Å²) < 4.78 is 7.29. The Kier molecular flexibility index (Phi) is 5.06. The lowest BCUT2D eigenvalue weighted by atomic mass is 10.2. The van der Waals surface area contributed by atoms with E-state index in [4.69, 9.17) is 9.72 Å². The number of methoxy groups -OCH3 is 1. The van der Waals surface area contributed by atoms with Crippen molar-refractivity contribution in [3.05, 3.63) is 84.4 Å². The maximum Gasteiger partial charge on any atom is 0.240 e. The zero-order chi connectivity index (χ0) is 19.3. The highest BCUT2D eigenvalue weighted by molar-refractivity contribution is 5.84. The predicted molar refractivity (Wildman–Crippen MR) is 110 cm³/mol. The molecule has 0 aliphatic rings. The van der Waals surface area contributed by atoms with Gasteiger partial charge in [-0.3, -0.25) is 4.79 Å². The fourth-order valence-electron chi connectivity index (χ4n) is 3.21. The first-order valence-electron chi connectivity index (χ1n) is 9.15. The van der Waals surface area contributed by atoms with E-state index in [0.717, 1.165) is 33.7 Å². The summed E-state index contributed by atoms with van der Waals surface area (Å²) in [7, 11) is 1.64. The third-order valence-corrected chi connectivity index (χ3v) is 4.62. The normalized spacial score (nSPS) is 10.8. The molecular weight excluding hydrogens is 350 g/mol. The maximum absolute atomic E-state index is 12.6. The number of rotatable bonds is 6. The van der Waals surface area contributed by atoms with E-state index in [1.54, 1.807) is 7.11 Å². The van der Waals surface area contributed by atoms with Crippen LogP contribution in [0.4, 0.5) is 0 Å². The molecule has 1 aromatic heterocycles. The molecule has 0 saturated carbocycles. The zero-order valence-electron chi connectivity index (χ0n) is 15.6. The standard InChI is InChI=1S/C23H21N3O2/c1-28-19-11-7-10-18(14-19)23-25-20-12-5-6-13-21(20)26(23)16-22(27)24-15-17-8-3-2-4-9-17/h2-14H,15-16H2,1H3,(H,24,27). The molecule has 3 aromatic carbocycles. The summed E-state index contributed by atoms with van der Waals surface area (Å²) in [6.07, 6.45) is 0. The topological polar surface area (TPSA) is 56.2 Å². The Morgan fingerprint density at radius 1 is 1.00 bits per heavy atom. The summed E-state index contributed by atoms with van der Waals surface area (Å²) in [6.45, 7) is 0.695. The van der Waals surface area contributed by atoms with Gasteiger partial charge in [-0.15, -0.1) is 0 Å². The summed E-state index contributed by atoms with van der Waals surface area (Å²) in [5.41, 5.74) is 3.76. The molecule has 0 aliphatic carbocycles. The molecule has 0 fully saturated rings. The van der Waals surface area contributed by atoms with Gasteiger partial charge < -0.3 is 14.6 Å². The number of benzene rings is 3. The first-order chi connectivity index (χ1) is 13.7. The van der Waals surface area contributed by atoms with E-state index in [2.05, 4.69) is 5.32 Å². The number of amides is 1. The van der Waals surface area contributed by atoms with Crippen LogP contribution in [-0.4, -0.2) is 22.6 Å². The molecule has 4 rings (SSSR count). The van der Waals surface area contributed by atoms with Crippen molar-refractivity contribution in [1.29, 1.82) is 0 Å². The first-order valence-corrected chi connectivity index (χ1v) is 9.15. The molecule has 1 N–H and O–H groups in total. The number of ether oxygens (including phenoxy) is 1. The van der Waals surface area contributed by atoms with Gasteiger partial charge in [0, 0.05) is 12.1 Å². The third-order valence-electron chi connectivity index (χ3n) is 4.62. The van der Waals surface area contributed by atoms with Gasteiger partial charge in [0.05, 0.1) is 18.1 Å². The molecule has 140 valence electrons. The van der Waals surface area contributed by atoms with Gasteiger partial charge in [0.1, 0.15) is 18.1 Å². The van der Waals surface area contributed by atoms with Crippen LogP contribution in [-0.2, 0) is 17.9 Å². The van der Waals surface area contributed by atoms with E-state index in [-0.39, 0.29) is 12.5 Å². The van der Waals surface area contributed by atoms with Crippen LogP contribution in [0.5, 0.6) is 5.75 Å². The Labute approximate surface area is 163 Å². The molecule has 0 radical (unpaired) electrons. The number of carbonyl (C=O) groups is 1. The second kappa shape index (κ2) is 7.96.